The largest absolute Gasteiger partial charge is 0.362 e. The third-order valence-corrected chi connectivity index (χ3v) is 8.17. The van der Waals surface area contributed by atoms with Crippen molar-refractivity contribution in [2.45, 2.75) is 26.8 Å². The smallest absolute Gasteiger partial charge is 0.271 e. The number of anilines is 2. The zero-order valence-electron chi connectivity index (χ0n) is 23.4. The lowest BCUT2D eigenvalue weighted by Gasteiger charge is -2.27. The van der Waals surface area contributed by atoms with Gasteiger partial charge >= 0.3 is 0 Å². The number of nitrogens with one attached hydrogen (secondary N) is 4. The van der Waals surface area contributed by atoms with Gasteiger partial charge in [-0.05, 0) is 99.4 Å². The number of hydrogen-bond donors (Lipinski definition) is 4. The van der Waals surface area contributed by atoms with Crippen molar-refractivity contribution in [3.8, 4) is 0 Å². The van der Waals surface area contributed by atoms with Gasteiger partial charge in [0.05, 0.1) is 5.56 Å². The normalized spacial score (nSPS) is 12.6. The zero-order chi connectivity index (χ0) is 34.1. The van der Waals surface area contributed by atoms with Gasteiger partial charge in [-0.1, -0.05) is 98.9 Å². The van der Waals surface area contributed by atoms with Gasteiger partial charge in [0.1, 0.15) is 22.6 Å². The highest BCUT2D eigenvalue weighted by atomic mass is 79.9. The topological polar surface area (TPSA) is 108 Å². The molecule has 0 radical (unpaired) electrons. The summed E-state index contributed by atoms with van der Waals surface area (Å²) in [6.07, 6.45) is 1.06. The van der Waals surface area contributed by atoms with Crippen molar-refractivity contribution in [3.63, 3.8) is 0 Å². The molecule has 0 saturated carbocycles. The number of aryl methyl sites for hydroxylation is 1. The Bertz CT molecular complexity index is 1470. The van der Waals surface area contributed by atoms with Gasteiger partial charge in [-0.25, -0.2) is 9.97 Å². The van der Waals surface area contributed by atoms with Gasteiger partial charge in [0, 0.05) is 33.3 Å². The maximum atomic E-state index is 12.3. The average molecular weight is 896 g/mol. The minimum Gasteiger partial charge on any atom is -0.362 e. The zero-order valence-corrected chi connectivity index (χ0v) is 31.8. The summed E-state index contributed by atoms with van der Waals surface area (Å²) in [4.78, 5) is 32.5. The molecule has 0 bridgehead atoms. The Kier molecular flexibility index (Phi) is 14.8. The third kappa shape index (κ3) is 13.1. The number of nitrogens with zero attached hydrogens (tertiary/aromatic N) is 2. The van der Waals surface area contributed by atoms with E-state index in [0.29, 0.717) is 20.9 Å². The van der Waals surface area contributed by atoms with Gasteiger partial charge in [-0.2, -0.15) is 0 Å². The summed E-state index contributed by atoms with van der Waals surface area (Å²) in [6.45, 7) is 1.97. The van der Waals surface area contributed by atoms with Gasteiger partial charge in [-0.3, -0.25) is 9.59 Å². The molecule has 2 aromatic carbocycles. The molecule has 244 valence electrons. The molecule has 17 heteroatoms. The van der Waals surface area contributed by atoms with Crippen LogP contribution in [0.1, 0.15) is 26.4 Å². The first-order chi connectivity index (χ1) is 21.5. The van der Waals surface area contributed by atoms with Crippen LogP contribution < -0.4 is 21.3 Å². The number of amides is 2. The lowest BCUT2D eigenvalue weighted by atomic mass is 10.2. The van der Waals surface area contributed by atoms with Crippen LogP contribution in [-0.2, 0) is 0 Å². The Labute approximate surface area is 317 Å². The number of alkyl halides is 6. The van der Waals surface area contributed by atoms with E-state index in [1.165, 1.54) is 12.4 Å². The maximum Gasteiger partial charge on any atom is 0.271 e. The fourth-order valence-electron chi connectivity index (χ4n) is 3.37. The fourth-order valence-corrected chi connectivity index (χ4v) is 4.62. The molecule has 2 atom stereocenters. The molecule has 2 unspecified atom stereocenters. The molecular formula is C29H23Br2Cl7N6O2. The molecule has 0 aliphatic heterocycles. The van der Waals surface area contributed by atoms with E-state index in [1.54, 1.807) is 48.5 Å². The molecule has 4 N–H and O–H groups in total. The Hall–Kier alpha value is -1.73. The highest BCUT2D eigenvalue weighted by Crippen LogP contribution is 2.32. The quantitative estimate of drug-likeness (QED) is 0.0798. The van der Waals surface area contributed by atoms with Gasteiger partial charge in [0.25, 0.3) is 11.8 Å². The Morgan fingerprint density at radius 3 is 1.65 bits per heavy atom. The molecule has 46 heavy (non-hydrogen) atoms. The summed E-state index contributed by atoms with van der Waals surface area (Å²) in [5.74, 6) is -0.878. The van der Waals surface area contributed by atoms with Crippen molar-refractivity contribution in [3.05, 3.63) is 116 Å². The summed E-state index contributed by atoms with van der Waals surface area (Å²) >= 11 is 48.0. The standard InChI is InChI=1S/C15H13BrCl3N3O.C14H10BrCl4N3O/c1-9-2-5-11(6-3-9)21-14(15(17,18)19)22-13(23)10-4-7-12(16)20-8-10;15-8-1-6-11(20-7-8)12(23)22-13(14(17,18)19)21-10-4-2-9(16)3-5-10/h2-8,14,21H,1H3,(H,22,23);1-7,13,21H,(H,22,23). The summed E-state index contributed by atoms with van der Waals surface area (Å²) < 4.78 is -2.12. The third-order valence-electron chi connectivity index (χ3n) is 5.67. The minimum atomic E-state index is -1.77. The van der Waals surface area contributed by atoms with E-state index < -0.39 is 31.7 Å². The number of rotatable bonds is 8. The summed E-state index contributed by atoms with van der Waals surface area (Å²) in [5.41, 5.74) is 3.02. The van der Waals surface area contributed by atoms with E-state index in [0.717, 1.165) is 15.7 Å². The summed E-state index contributed by atoms with van der Waals surface area (Å²) in [7, 11) is 0. The second-order valence-corrected chi connectivity index (χ2v) is 16.2. The molecule has 0 aliphatic rings. The van der Waals surface area contributed by atoms with Crippen molar-refractivity contribution < 1.29 is 9.59 Å². The van der Waals surface area contributed by atoms with Crippen LogP contribution in [-0.4, -0.2) is 41.7 Å². The van der Waals surface area contributed by atoms with E-state index in [1.807, 2.05) is 31.2 Å². The molecule has 0 fully saturated rings. The number of benzene rings is 2. The molecular weight excluding hydrogens is 872 g/mol. The van der Waals surface area contributed by atoms with Crippen molar-refractivity contribution >= 4 is 136 Å². The first-order valence-corrected chi connectivity index (χ1v) is 17.1. The lowest BCUT2D eigenvalue weighted by molar-refractivity contribution is 0.0930. The van der Waals surface area contributed by atoms with Crippen LogP contribution in [0.4, 0.5) is 11.4 Å². The maximum absolute atomic E-state index is 12.3. The predicted octanol–water partition coefficient (Wildman–Crippen LogP) is 9.73. The highest BCUT2D eigenvalue weighted by molar-refractivity contribution is 9.10. The van der Waals surface area contributed by atoms with Gasteiger partial charge in [-0.15, -0.1) is 0 Å². The van der Waals surface area contributed by atoms with Crippen LogP contribution in [0.15, 0.2) is 94.3 Å². The highest BCUT2D eigenvalue weighted by Gasteiger charge is 2.35. The number of carbonyl (C=O) groups excluding carboxylic acids is 2. The van der Waals surface area contributed by atoms with E-state index in [4.69, 9.17) is 81.2 Å². The van der Waals surface area contributed by atoms with Crippen LogP contribution in [0.5, 0.6) is 0 Å². The van der Waals surface area contributed by atoms with Crippen LogP contribution in [0.3, 0.4) is 0 Å². The number of carbonyl (C=O) groups is 2. The summed E-state index contributed by atoms with van der Waals surface area (Å²) in [6, 6.07) is 20.8. The molecule has 4 rings (SSSR count). The molecule has 0 aliphatic carbocycles. The molecule has 8 nitrogen and oxygen atoms in total. The van der Waals surface area contributed by atoms with E-state index in [-0.39, 0.29) is 5.69 Å². The number of aromatic nitrogens is 2. The summed E-state index contributed by atoms with van der Waals surface area (Å²) in [5, 5.41) is 11.8. The lowest BCUT2D eigenvalue weighted by Crippen LogP contribution is -2.49. The predicted molar refractivity (Wildman–Crippen MR) is 197 cm³/mol. The number of pyridine rings is 2. The SMILES string of the molecule is Cc1ccc(NC(NC(=O)c2ccc(Br)nc2)C(Cl)(Cl)Cl)cc1.O=C(NC(Nc1ccc(Cl)cc1)C(Cl)(Cl)Cl)c1ccc(Br)cn1. The van der Waals surface area contributed by atoms with Crippen LogP contribution >= 0.6 is 113 Å². The minimum absolute atomic E-state index is 0.199. The van der Waals surface area contributed by atoms with Crippen molar-refractivity contribution in [2.75, 3.05) is 10.6 Å². The second-order valence-electron chi connectivity index (χ2n) is 9.29. The van der Waals surface area contributed by atoms with E-state index in [9.17, 15) is 9.59 Å². The van der Waals surface area contributed by atoms with Crippen LogP contribution in [0.2, 0.25) is 5.02 Å². The number of hydrogen-bond acceptors (Lipinski definition) is 6. The molecule has 4 aromatic rings. The Balaban J connectivity index is 0.000000250. The number of halogens is 9. The molecule has 2 aromatic heterocycles. The van der Waals surface area contributed by atoms with Crippen molar-refractivity contribution in [1.29, 1.82) is 0 Å². The molecule has 2 amide bonds. The molecule has 0 saturated heterocycles. The second kappa shape index (κ2) is 17.6. The van der Waals surface area contributed by atoms with E-state index in [2.05, 4.69) is 63.1 Å². The molecule has 2 heterocycles. The monoisotopic (exact) mass is 890 g/mol. The van der Waals surface area contributed by atoms with Crippen molar-refractivity contribution in [1.82, 2.24) is 20.6 Å². The first kappa shape index (κ1) is 38.7. The average Bonchev–Trinajstić information content (AvgIpc) is 2.98. The van der Waals surface area contributed by atoms with Gasteiger partial charge in [0.2, 0.25) is 7.59 Å². The fraction of sp³-hybridized carbons (Fsp3) is 0.172. The first-order valence-electron chi connectivity index (χ1n) is 12.8. The Morgan fingerprint density at radius 2 is 1.20 bits per heavy atom. The van der Waals surface area contributed by atoms with Gasteiger partial charge in [0.15, 0.2) is 0 Å². The van der Waals surface area contributed by atoms with Crippen molar-refractivity contribution in [2.24, 2.45) is 0 Å². The van der Waals surface area contributed by atoms with Crippen LogP contribution in [0, 0.1) is 6.92 Å². The molecule has 0 spiro atoms. The van der Waals surface area contributed by atoms with Gasteiger partial charge < -0.3 is 21.3 Å². The Morgan fingerprint density at radius 1 is 0.674 bits per heavy atom. The van der Waals surface area contributed by atoms with E-state index >= 15 is 0 Å². The van der Waals surface area contributed by atoms with Crippen LogP contribution in [0.25, 0.3) is 0 Å².